The maximum Gasteiger partial charge on any atom is 0.233 e. The Bertz CT molecular complexity index is 518. The zero-order valence-electron chi connectivity index (χ0n) is 15.9. The molecule has 25 heavy (non-hydrogen) atoms. The van der Waals surface area contributed by atoms with E-state index in [0.717, 1.165) is 57.7 Å². The van der Waals surface area contributed by atoms with E-state index in [-0.39, 0.29) is 5.91 Å². The van der Waals surface area contributed by atoms with Crippen molar-refractivity contribution in [3.05, 3.63) is 11.2 Å². The molecule has 0 aliphatic heterocycles. The van der Waals surface area contributed by atoms with Crippen LogP contribution in [0.4, 0.5) is 5.82 Å². The number of anilines is 1. The summed E-state index contributed by atoms with van der Waals surface area (Å²) >= 11 is 7.55. The summed E-state index contributed by atoms with van der Waals surface area (Å²) < 4.78 is 0. The van der Waals surface area contributed by atoms with Crippen LogP contribution in [-0.2, 0) is 4.79 Å². The minimum atomic E-state index is 0.137. The molecule has 0 fully saturated rings. The van der Waals surface area contributed by atoms with Crippen molar-refractivity contribution >= 4 is 35.1 Å². The minimum Gasteiger partial charge on any atom is -0.356 e. The molecular formula is C18H31ClN4OS. The van der Waals surface area contributed by atoms with Gasteiger partial charge in [0.05, 0.1) is 5.75 Å². The lowest BCUT2D eigenvalue weighted by molar-refractivity contribution is -0.128. The lowest BCUT2D eigenvalue weighted by atomic mass is 10.3. The van der Waals surface area contributed by atoms with Crippen molar-refractivity contribution in [2.75, 3.05) is 36.8 Å². The summed E-state index contributed by atoms with van der Waals surface area (Å²) in [6.45, 7) is 11.9. The molecular weight excluding hydrogens is 356 g/mol. The van der Waals surface area contributed by atoms with Crippen molar-refractivity contribution in [1.82, 2.24) is 14.9 Å². The first-order valence-corrected chi connectivity index (χ1v) is 10.6. The van der Waals surface area contributed by atoms with Crippen LogP contribution < -0.4 is 4.90 Å². The van der Waals surface area contributed by atoms with Gasteiger partial charge in [0.1, 0.15) is 11.0 Å². The Morgan fingerprint density at radius 2 is 1.56 bits per heavy atom. The molecule has 0 aromatic carbocycles. The van der Waals surface area contributed by atoms with Gasteiger partial charge in [-0.25, -0.2) is 9.97 Å². The average Bonchev–Trinajstić information content (AvgIpc) is 2.59. The summed E-state index contributed by atoms with van der Waals surface area (Å²) in [7, 11) is 0. The van der Waals surface area contributed by atoms with Crippen LogP contribution >= 0.6 is 23.4 Å². The molecule has 1 rings (SSSR count). The number of hydrogen-bond acceptors (Lipinski definition) is 5. The third kappa shape index (κ3) is 7.82. The monoisotopic (exact) mass is 386 g/mol. The van der Waals surface area contributed by atoms with Gasteiger partial charge in [-0.2, -0.15) is 0 Å². The standard InChI is InChI=1S/C18H31ClN4OS/c1-5-9-22(10-6-2)16-13-15(19)20-18(21-16)25-14-17(24)23(11-7-3)12-8-4/h13H,5-12,14H2,1-4H3. The molecule has 0 radical (unpaired) electrons. The van der Waals surface area contributed by atoms with Gasteiger partial charge in [-0.15, -0.1) is 0 Å². The van der Waals surface area contributed by atoms with Crippen LogP contribution in [0.1, 0.15) is 53.4 Å². The van der Waals surface area contributed by atoms with Crippen LogP contribution in [0, 0.1) is 0 Å². The first-order chi connectivity index (χ1) is 12.0. The molecule has 1 amide bonds. The van der Waals surface area contributed by atoms with Crippen molar-refractivity contribution in [1.29, 1.82) is 0 Å². The van der Waals surface area contributed by atoms with Crippen LogP contribution in [0.15, 0.2) is 11.2 Å². The fourth-order valence-corrected chi connectivity index (χ4v) is 3.60. The maximum absolute atomic E-state index is 12.4. The molecule has 7 heteroatoms. The van der Waals surface area contributed by atoms with Crippen LogP contribution in [0.25, 0.3) is 0 Å². The first-order valence-electron chi connectivity index (χ1n) is 9.25. The molecule has 0 unspecified atom stereocenters. The Balaban J connectivity index is 2.79. The fourth-order valence-electron chi connectivity index (χ4n) is 2.61. The molecule has 142 valence electrons. The van der Waals surface area contributed by atoms with Gasteiger partial charge in [-0.05, 0) is 25.7 Å². The average molecular weight is 387 g/mol. The summed E-state index contributed by atoms with van der Waals surface area (Å²) in [5.74, 6) is 1.33. The number of halogens is 1. The summed E-state index contributed by atoms with van der Waals surface area (Å²) in [6, 6.07) is 1.80. The second-order valence-corrected chi connectivity index (χ2v) is 7.32. The van der Waals surface area contributed by atoms with Crippen molar-refractivity contribution < 1.29 is 4.79 Å². The summed E-state index contributed by atoms with van der Waals surface area (Å²) in [4.78, 5) is 25.4. The predicted octanol–water partition coefficient (Wildman–Crippen LogP) is 4.50. The molecule has 0 atom stereocenters. The van der Waals surface area contributed by atoms with E-state index in [1.165, 1.54) is 11.8 Å². The number of thioether (sulfide) groups is 1. The van der Waals surface area contributed by atoms with E-state index in [1.54, 1.807) is 6.07 Å². The molecule has 0 aliphatic carbocycles. The van der Waals surface area contributed by atoms with E-state index in [9.17, 15) is 4.79 Å². The highest BCUT2D eigenvalue weighted by Crippen LogP contribution is 2.22. The molecule has 1 aromatic rings. The van der Waals surface area contributed by atoms with E-state index >= 15 is 0 Å². The Morgan fingerprint density at radius 3 is 2.08 bits per heavy atom. The van der Waals surface area contributed by atoms with Gasteiger partial charge >= 0.3 is 0 Å². The first kappa shape index (κ1) is 22.0. The number of carbonyl (C=O) groups is 1. The van der Waals surface area contributed by atoms with Crippen molar-refractivity contribution in [2.24, 2.45) is 0 Å². The molecule has 0 aliphatic rings. The summed E-state index contributed by atoms with van der Waals surface area (Å²) in [5, 5.41) is 0.997. The normalized spacial score (nSPS) is 10.8. The molecule has 5 nitrogen and oxygen atoms in total. The molecule has 0 bridgehead atoms. The smallest absolute Gasteiger partial charge is 0.233 e. The third-order valence-electron chi connectivity index (χ3n) is 3.64. The molecule has 1 heterocycles. The summed E-state index contributed by atoms with van der Waals surface area (Å²) in [6.07, 6.45) is 4.03. The van der Waals surface area contributed by atoms with Crippen LogP contribution in [0.5, 0.6) is 0 Å². The number of rotatable bonds is 12. The van der Waals surface area contributed by atoms with Crippen molar-refractivity contribution in [2.45, 2.75) is 58.5 Å². The zero-order valence-corrected chi connectivity index (χ0v) is 17.5. The quantitative estimate of drug-likeness (QED) is 0.301. The van der Waals surface area contributed by atoms with Gasteiger partial charge in [-0.3, -0.25) is 4.79 Å². The molecule has 0 N–H and O–H groups in total. The van der Waals surface area contributed by atoms with Crippen LogP contribution in [-0.4, -0.2) is 52.7 Å². The highest BCUT2D eigenvalue weighted by molar-refractivity contribution is 7.99. The Morgan fingerprint density at radius 1 is 1.00 bits per heavy atom. The van der Waals surface area contributed by atoms with E-state index in [4.69, 9.17) is 11.6 Å². The third-order valence-corrected chi connectivity index (χ3v) is 4.66. The number of carbonyl (C=O) groups excluding carboxylic acids is 1. The van der Waals surface area contributed by atoms with Gasteiger partial charge in [0.15, 0.2) is 5.16 Å². The molecule has 0 spiro atoms. The Kier molecular flexibility index (Phi) is 10.9. The van der Waals surface area contributed by atoms with Gasteiger partial charge in [0, 0.05) is 32.2 Å². The fraction of sp³-hybridized carbons (Fsp3) is 0.722. The minimum absolute atomic E-state index is 0.137. The number of hydrogen-bond donors (Lipinski definition) is 0. The number of nitrogens with zero attached hydrogens (tertiary/aromatic N) is 4. The van der Waals surface area contributed by atoms with Gasteiger partial charge in [0.25, 0.3) is 0 Å². The van der Waals surface area contributed by atoms with Crippen molar-refractivity contribution in [3.63, 3.8) is 0 Å². The van der Waals surface area contributed by atoms with Gasteiger partial charge in [-0.1, -0.05) is 51.1 Å². The highest BCUT2D eigenvalue weighted by atomic mass is 35.5. The summed E-state index contributed by atoms with van der Waals surface area (Å²) in [5.41, 5.74) is 0. The van der Waals surface area contributed by atoms with Gasteiger partial charge in [0.2, 0.25) is 5.91 Å². The Hall–Kier alpha value is -1.01. The largest absolute Gasteiger partial charge is 0.356 e. The van der Waals surface area contributed by atoms with Crippen molar-refractivity contribution in [3.8, 4) is 0 Å². The molecule has 0 saturated carbocycles. The van der Waals surface area contributed by atoms with E-state index < -0.39 is 0 Å². The van der Waals surface area contributed by atoms with Gasteiger partial charge < -0.3 is 9.80 Å². The van der Waals surface area contributed by atoms with E-state index in [2.05, 4.69) is 42.6 Å². The maximum atomic E-state index is 12.4. The number of amides is 1. The van der Waals surface area contributed by atoms with E-state index in [0.29, 0.717) is 16.1 Å². The zero-order chi connectivity index (χ0) is 18.7. The highest BCUT2D eigenvalue weighted by Gasteiger charge is 2.15. The second kappa shape index (κ2) is 12.4. The number of aromatic nitrogens is 2. The SMILES string of the molecule is CCCN(CCC)C(=O)CSc1nc(Cl)cc(N(CCC)CCC)n1. The van der Waals surface area contributed by atoms with Crippen LogP contribution in [0.3, 0.4) is 0 Å². The molecule has 0 saturated heterocycles. The lowest BCUT2D eigenvalue weighted by Crippen LogP contribution is -2.33. The second-order valence-electron chi connectivity index (χ2n) is 5.99. The van der Waals surface area contributed by atoms with Crippen LogP contribution in [0.2, 0.25) is 5.15 Å². The Labute approximate surface area is 161 Å². The van der Waals surface area contributed by atoms with E-state index in [1.807, 2.05) is 4.90 Å². The lowest BCUT2D eigenvalue weighted by Gasteiger charge is -2.23. The predicted molar refractivity (Wildman–Crippen MR) is 108 cm³/mol. The molecule has 1 aromatic heterocycles. The topological polar surface area (TPSA) is 49.3 Å².